The first-order valence-corrected chi connectivity index (χ1v) is 9.12. The number of hydrogen-bond donors (Lipinski definition) is 0. The molecule has 0 aromatic heterocycles. The molecule has 1 amide bonds. The number of carbonyl (C=O) groups excluding carboxylic acids is 3. The van der Waals surface area contributed by atoms with E-state index in [-0.39, 0.29) is 30.6 Å². The van der Waals surface area contributed by atoms with E-state index in [4.69, 9.17) is 10.1 Å². The smallest absolute Gasteiger partial charge is 0.342 e. The van der Waals surface area contributed by atoms with Crippen LogP contribution in [-0.2, 0) is 19.4 Å². The van der Waals surface area contributed by atoms with Crippen molar-refractivity contribution in [2.45, 2.75) is 45.6 Å². The Hall–Kier alpha value is -2.72. The lowest BCUT2D eigenvalue weighted by atomic mass is 9.97. The van der Waals surface area contributed by atoms with Gasteiger partial charge in [-0.3, -0.25) is 14.5 Å². The highest BCUT2D eigenvalue weighted by Gasteiger charge is 2.28. The Bertz CT molecular complexity index is 715. The third kappa shape index (κ3) is 5.90. The van der Waals surface area contributed by atoms with E-state index in [1.807, 2.05) is 6.07 Å². The van der Waals surface area contributed by atoms with Gasteiger partial charge in [0.2, 0.25) is 5.91 Å². The van der Waals surface area contributed by atoms with E-state index in [2.05, 4.69) is 4.89 Å². The van der Waals surface area contributed by atoms with Crippen molar-refractivity contribution >= 4 is 17.7 Å². The van der Waals surface area contributed by atoms with Crippen molar-refractivity contribution in [3.63, 3.8) is 0 Å². The average Bonchev–Trinajstić information content (AvgIpc) is 2.71. The van der Waals surface area contributed by atoms with Crippen LogP contribution >= 0.6 is 0 Å². The summed E-state index contributed by atoms with van der Waals surface area (Å²) in [5, 5.41) is 8.80. The molecule has 1 saturated heterocycles. The quantitative estimate of drug-likeness (QED) is 0.415. The number of carbonyl (C=O) groups is 3. The number of nitriles is 1. The van der Waals surface area contributed by atoms with Crippen LogP contribution in [0, 0.1) is 17.2 Å². The van der Waals surface area contributed by atoms with Gasteiger partial charge < -0.3 is 4.90 Å². The standard InChI is InChI=1S/C20H24N2O5/c1-3-19(24)27-26-17-8-10-22(11-9-17)20(25)14(2)12-18(23)16-6-4-15(13-21)5-7-16/h4-7,14,17H,3,8-12H2,1-2H3. The summed E-state index contributed by atoms with van der Waals surface area (Å²) in [4.78, 5) is 47.6. The average molecular weight is 372 g/mol. The summed E-state index contributed by atoms with van der Waals surface area (Å²) in [6.45, 7) is 4.44. The van der Waals surface area contributed by atoms with Crippen LogP contribution in [0.1, 0.15) is 55.5 Å². The minimum absolute atomic E-state index is 0.0685. The van der Waals surface area contributed by atoms with E-state index in [9.17, 15) is 14.4 Å². The largest absolute Gasteiger partial charge is 0.342 e. The van der Waals surface area contributed by atoms with Gasteiger partial charge in [0.1, 0.15) is 6.10 Å². The van der Waals surface area contributed by atoms with Crippen LogP contribution in [0.2, 0.25) is 0 Å². The van der Waals surface area contributed by atoms with E-state index in [1.165, 1.54) is 0 Å². The zero-order chi connectivity index (χ0) is 19.8. The predicted molar refractivity (Wildman–Crippen MR) is 96.3 cm³/mol. The second-order valence-electron chi connectivity index (χ2n) is 6.65. The van der Waals surface area contributed by atoms with Gasteiger partial charge in [-0.1, -0.05) is 26.0 Å². The highest BCUT2D eigenvalue weighted by atomic mass is 17.2. The van der Waals surface area contributed by atoms with E-state index in [1.54, 1.807) is 43.0 Å². The Kier molecular flexibility index (Phi) is 7.50. The van der Waals surface area contributed by atoms with E-state index < -0.39 is 11.9 Å². The molecule has 0 aliphatic carbocycles. The molecule has 0 spiro atoms. The van der Waals surface area contributed by atoms with Crippen molar-refractivity contribution in [3.05, 3.63) is 35.4 Å². The number of benzene rings is 1. The molecule has 0 radical (unpaired) electrons. The van der Waals surface area contributed by atoms with Crippen LogP contribution in [0.3, 0.4) is 0 Å². The van der Waals surface area contributed by atoms with E-state index in [0.717, 1.165) is 0 Å². The van der Waals surface area contributed by atoms with E-state index >= 15 is 0 Å². The van der Waals surface area contributed by atoms with Crippen LogP contribution in [0.25, 0.3) is 0 Å². The van der Waals surface area contributed by atoms with Crippen molar-refractivity contribution in [1.82, 2.24) is 4.90 Å². The Morgan fingerprint density at radius 3 is 2.41 bits per heavy atom. The summed E-state index contributed by atoms with van der Waals surface area (Å²) in [6, 6.07) is 8.41. The predicted octanol–water partition coefficient (Wildman–Crippen LogP) is 2.64. The summed E-state index contributed by atoms with van der Waals surface area (Å²) in [7, 11) is 0. The van der Waals surface area contributed by atoms with Gasteiger partial charge in [-0.2, -0.15) is 10.1 Å². The summed E-state index contributed by atoms with van der Waals surface area (Å²) >= 11 is 0. The summed E-state index contributed by atoms with van der Waals surface area (Å²) in [6.07, 6.45) is 1.33. The lowest BCUT2D eigenvalue weighted by Crippen LogP contribution is -2.43. The Balaban J connectivity index is 1.80. The second kappa shape index (κ2) is 9.83. The minimum atomic E-state index is -0.427. The summed E-state index contributed by atoms with van der Waals surface area (Å²) in [5.74, 6) is -1.03. The highest BCUT2D eigenvalue weighted by Crippen LogP contribution is 2.19. The maximum Gasteiger partial charge on any atom is 0.342 e. The van der Waals surface area contributed by atoms with E-state index in [0.29, 0.717) is 37.1 Å². The molecule has 7 heteroatoms. The molecule has 27 heavy (non-hydrogen) atoms. The van der Waals surface area contributed by atoms with Crippen molar-refractivity contribution in [3.8, 4) is 6.07 Å². The molecule has 2 rings (SSSR count). The SMILES string of the molecule is CCC(=O)OOC1CCN(C(=O)C(C)CC(=O)c2ccc(C#N)cc2)CC1. The lowest BCUT2D eigenvalue weighted by molar-refractivity contribution is -0.302. The topological polar surface area (TPSA) is 96.7 Å². The number of ketones is 1. The molecule has 1 unspecified atom stereocenters. The number of nitrogens with zero attached hydrogens (tertiary/aromatic N) is 2. The molecule has 0 bridgehead atoms. The maximum atomic E-state index is 12.6. The van der Waals surface area contributed by atoms with Crippen LogP contribution in [0.5, 0.6) is 0 Å². The number of hydrogen-bond acceptors (Lipinski definition) is 6. The molecule has 1 aromatic carbocycles. The zero-order valence-electron chi connectivity index (χ0n) is 15.6. The van der Waals surface area contributed by atoms with Gasteiger partial charge in [0.25, 0.3) is 0 Å². The minimum Gasteiger partial charge on any atom is -0.342 e. The first kappa shape index (κ1) is 20.6. The van der Waals surface area contributed by atoms with Gasteiger partial charge >= 0.3 is 5.97 Å². The Labute approximate surface area is 158 Å². The van der Waals surface area contributed by atoms with Crippen molar-refractivity contribution in [1.29, 1.82) is 5.26 Å². The number of likely N-dealkylation sites (tertiary alicyclic amines) is 1. The third-order valence-corrected chi connectivity index (χ3v) is 4.57. The molecule has 1 fully saturated rings. The number of amides is 1. The Morgan fingerprint density at radius 1 is 1.22 bits per heavy atom. The fourth-order valence-electron chi connectivity index (χ4n) is 2.88. The molecule has 1 atom stereocenters. The van der Waals surface area contributed by atoms with Crippen molar-refractivity contribution in [2.75, 3.05) is 13.1 Å². The molecule has 0 saturated carbocycles. The molecule has 1 aliphatic heterocycles. The Morgan fingerprint density at radius 2 is 1.85 bits per heavy atom. The normalized spacial score (nSPS) is 15.7. The summed E-state index contributed by atoms with van der Waals surface area (Å²) < 4.78 is 0. The van der Waals surface area contributed by atoms with Crippen molar-refractivity contribution in [2.24, 2.45) is 5.92 Å². The third-order valence-electron chi connectivity index (χ3n) is 4.57. The second-order valence-corrected chi connectivity index (χ2v) is 6.65. The fourth-order valence-corrected chi connectivity index (χ4v) is 2.88. The van der Waals surface area contributed by atoms with Gasteiger partial charge in [-0.05, 0) is 25.0 Å². The highest BCUT2D eigenvalue weighted by molar-refractivity contribution is 5.98. The molecular formula is C20H24N2O5. The first-order valence-electron chi connectivity index (χ1n) is 9.12. The van der Waals surface area contributed by atoms with Crippen LogP contribution in [0.4, 0.5) is 0 Å². The van der Waals surface area contributed by atoms with Crippen molar-refractivity contribution < 1.29 is 24.2 Å². The lowest BCUT2D eigenvalue weighted by Gasteiger charge is -2.32. The van der Waals surface area contributed by atoms with Gasteiger partial charge in [0.15, 0.2) is 5.78 Å². The molecule has 1 aliphatic rings. The zero-order valence-corrected chi connectivity index (χ0v) is 15.6. The van der Waals surface area contributed by atoms with Gasteiger partial charge in [0.05, 0.1) is 11.6 Å². The first-order chi connectivity index (χ1) is 12.9. The molecular weight excluding hydrogens is 348 g/mol. The molecule has 144 valence electrons. The van der Waals surface area contributed by atoms with Gasteiger partial charge in [-0.25, -0.2) is 4.79 Å². The molecule has 1 aromatic rings. The van der Waals surface area contributed by atoms with Crippen LogP contribution in [0.15, 0.2) is 24.3 Å². The van der Waals surface area contributed by atoms with Crippen LogP contribution < -0.4 is 0 Å². The maximum absolute atomic E-state index is 12.6. The number of Topliss-reactive ketones (excluding diaryl/α,β-unsaturated/α-hetero) is 1. The fraction of sp³-hybridized carbons (Fsp3) is 0.500. The molecule has 1 heterocycles. The van der Waals surface area contributed by atoms with Crippen LogP contribution in [-0.4, -0.2) is 41.8 Å². The monoisotopic (exact) mass is 372 g/mol. The van der Waals surface area contributed by atoms with Gasteiger partial charge in [0, 0.05) is 37.4 Å². The molecule has 0 N–H and O–H groups in total. The number of rotatable bonds is 7. The summed E-state index contributed by atoms with van der Waals surface area (Å²) in [5.41, 5.74) is 0.990. The number of piperidine rings is 1. The van der Waals surface area contributed by atoms with Gasteiger partial charge in [-0.15, -0.1) is 0 Å². The molecule has 7 nitrogen and oxygen atoms in total.